The molecule has 0 aromatic heterocycles. The van der Waals surface area contributed by atoms with E-state index >= 15 is 0 Å². The molecule has 0 amide bonds. The van der Waals surface area contributed by atoms with Gasteiger partial charge in [0.15, 0.2) is 0 Å². The Labute approximate surface area is 92.8 Å². The minimum Gasteiger partial charge on any atom is -0.520 e. The lowest BCUT2D eigenvalue weighted by atomic mass is 10.2. The Hall–Kier alpha value is -1.06. The van der Waals surface area contributed by atoms with Crippen LogP contribution >= 0.6 is 0 Å². The van der Waals surface area contributed by atoms with Gasteiger partial charge in [-0.15, -0.1) is 0 Å². The summed E-state index contributed by atoms with van der Waals surface area (Å²) >= 11 is 0. The monoisotopic (exact) mass is 222 g/mol. The minimum absolute atomic E-state index is 0.866. The van der Waals surface area contributed by atoms with Crippen LogP contribution in [0.3, 0.4) is 0 Å². The first-order chi connectivity index (χ1) is 7.13. The average Bonchev–Trinajstić information content (AvgIpc) is 2.29. The van der Waals surface area contributed by atoms with Crippen molar-refractivity contribution in [3.8, 4) is 5.75 Å². The van der Waals surface area contributed by atoms with Crippen LogP contribution in [0.25, 0.3) is 6.08 Å². The lowest BCUT2D eigenvalue weighted by molar-refractivity contribution is 0.307. The molecule has 0 aliphatic rings. The first-order valence-electron chi connectivity index (χ1n) is 5.10. The van der Waals surface area contributed by atoms with Crippen LogP contribution in [0.5, 0.6) is 5.75 Å². The van der Waals surface area contributed by atoms with Gasteiger partial charge in [0.05, 0.1) is 0 Å². The zero-order valence-electron chi connectivity index (χ0n) is 9.62. The molecule has 15 heavy (non-hydrogen) atoms. The second-order valence-electron chi connectivity index (χ2n) is 3.57. The van der Waals surface area contributed by atoms with Crippen molar-refractivity contribution in [1.29, 1.82) is 0 Å². The molecule has 1 atom stereocenters. The average molecular weight is 222 g/mol. The van der Waals surface area contributed by atoms with Crippen molar-refractivity contribution in [2.45, 2.75) is 19.5 Å². The van der Waals surface area contributed by atoms with Gasteiger partial charge in [-0.25, -0.2) is 0 Å². The molecule has 2 nitrogen and oxygen atoms in total. The molecule has 0 aliphatic carbocycles. The van der Waals surface area contributed by atoms with Crippen LogP contribution in [0.4, 0.5) is 0 Å². The Morgan fingerprint density at radius 2 is 2.20 bits per heavy atom. The van der Waals surface area contributed by atoms with Gasteiger partial charge in [0.1, 0.15) is 5.75 Å². The molecule has 0 aliphatic heterocycles. The zero-order chi connectivity index (χ0) is 11.3. The predicted octanol–water partition coefficient (Wildman–Crippen LogP) is 3.45. The third-order valence-electron chi connectivity index (χ3n) is 2.50. The lowest BCUT2D eigenvalue weighted by Crippen LogP contribution is -2.39. The van der Waals surface area contributed by atoms with Gasteiger partial charge in [-0.3, -0.25) is 0 Å². The summed E-state index contributed by atoms with van der Waals surface area (Å²) in [6.45, 7) is 7.89. The number of hydrogen-bond acceptors (Lipinski definition) is 2. The molecule has 1 rings (SSSR count). The van der Waals surface area contributed by atoms with Gasteiger partial charge in [-0.05, 0) is 30.3 Å². The van der Waals surface area contributed by atoms with E-state index in [1.165, 1.54) is 0 Å². The number of benzene rings is 1. The van der Waals surface area contributed by atoms with E-state index in [4.69, 9.17) is 8.85 Å². The smallest absolute Gasteiger partial charge is 0.395 e. The zero-order valence-corrected chi connectivity index (χ0v) is 10.6. The van der Waals surface area contributed by atoms with E-state index in [9.17, 15) is 0 Å². The Balaban J connectivity index is 2.83. The maximum absolute atomic E-state index is 5.91. The molecule has 0 spiro atoms. The van der Waals surface area contributed by atoms with E-state index in [2.05, 4.69) is 20.0 Å². The molecule has 0 fully saturated rings. The van der Waals surface area contributed by atoms with Crippen LogP contribution in [0, 0.1) is 0 Å². The van der Waals surface area contributed by atoms with Crippen molar-refractivity contribution in [2.75, 3.05) is 7.11 Å². The minimum atomic E-state index is -2.01. The molecular weight excluding hydrogens is 204 g/mol. The van der Waals surface area contributed by atoms with Crippen LogP contribution in [-0.4, -0.2) is 15.7 Å². The summed E-state index contributed by atoms with van der Waals surface area (Å²) in [6.07, 6.45) is 1.81. The molecule has 82 valence electrons. The fraction of sp³-hybridized carbons (Fsp3) is 0.333. The molecule has 3 heteroatoms. The van der Waals surface area contributed by atoms with E-state index in [-0.39, 0.29) is 0 Å². The maximum atomic E-state index is 5.91. The van der Waals surface area contributed by atoms with E-state index in [1.807, 2.05) is 30.3 Å². The molecule has 0 N–H and O–H groups in total. The highest BCUT2D eigenvalue weighted by Crippen LogP contribution is 2.20. The van der Waals surface area contributed by atoms with Crippen molar-refractivity contribution in [1.82, 2.24) is 0 Å². The van der Waals surface area contributed by atoms with E-state index in [0.29, 0.717) is 0 Å². The van der Waals surface area contributed by atoms with Crippen molar-refractivity contribution in [2.24, 2.45) is 0 Å². The summed E-state index contributed by atoms with van der Waals surface area (Å²) in [5.41, 5.74) is 1.07. The van der Waals surface area contributed by atoms with Crippen LogP contribution in [0.2, 0.25) is 12.6 Å². The van der Waals surface area contributed by atoms with Crippen molar-refractivity contribution >= 4 is 14.6 Å². The third-order valence-corrected chi connectivity index (χ3v) is 5.32. The first kappa shape index (κ1) is 12.0. The van der Waals surface area contributed by atoms with Gasteiger partial charge in [0.2, 0.25) is 0 Å². The molecule has 0 radical (unpaired) electrons. The Kier molecular flexibility index (Phi) is 4.12. The molecule has 0 saturated heterocycles. The van der Waals surface area contributed by atoms with Crippen LogP contribution in [-0.2, 0) is 4.43 Å². The first-order valence-corrected chi connectivity index (χ1v) is 7.62. The number of rotatable bonds is 5. The summed E-state index contributed by atoms with van der Waals surface area (Å²) in [4.78, 5) is 0. The Morgan fingerprint density at radius 1 is 1.47 bits per heavy atom. The molecule has 1 aromatic rings. The summed E-state index contributed by atoms with van der Waals surface area (Å²) in [5.74, 6) is 0.866. The summed E-state index contributed by atoms with van der Waals surface area (Å²) in [7, 11) is -0.293. The highest BCUT2D eigenvalue weighted by atomic mass is 28.4. The predicted molar refractivity (Wildman–Crippen MR) is 66.3 cm³/mol. The Morgan fingerprint density at radius 3 is 2.73 bits per heavy atom. The quantitative estimate of drug-likeness (QED) is 0.710. The van der Waals surface area contributed by atoms with Crippen molar-refractivity contribution < 1.29 is 8.85 Å². The SMILES string of the molecule is C=Cc1cccc(O[Si](C)(CC)OC)c1. The van der Waals surface area contributed by atoms with E-state index < -0.39 is 8.56 Å². The number of hydrogen-bond donors (Lipinski definition) is 0. The highest BCUT2D eigenvalue weighted by Gasteiger charge is 2.29. The lowest BCUT2D eigenvalue weighted by Gasteiger charge is -2.24. The molecule has 1 aromatic carbocycles. The molecule has 0 saturated carbocycles. The summed E-state index contributed by atoms with van der Waals surface area (Å²) < 4.78 is 11.4. The van der Waals surface area contributed by atoms with Gasteiger partial charge in [0.25, 0.3) is 0 Å². The van der Waals surface area contributed by atoms with E-state index in [1.54, 1.807) is 7.11 Å². The standard InChI is InChI=1S/C12H18O2Si/c1-5-11-8-7-9-12(10-11)14-15(4,6-2)13-3/h5,7-10H,1,6H2,2-4H3. The van der Waals surface area contributed by atoms with E-state index in [0.717, 1.165) is 17.4 Å². The normalized spacial score (nSPS) is 14.3. The topological polar surface area (TPSA) is 18.5 Å². The molecule has 0 heterocycles. The van der Waals surface area contributed by atoms with Gasteiger partial charge >= 0.3 is 8.56 Å². The summed E-state index contributed by atoms with van der Waals surface area (Å²) in [5, 5.41) is 0. The molecule has 1 unspecified atom stereocenters. The second kappa shape index (κ2) is 5.14. The maximum Gasteiger partial charge on any atom is 0.395 e. The van der Waals surface area contributed by atoms with Gasteiger partial charge in [-0.2, -0.15) is 0 Å². The second-order valence-corrected chi connectivity index (χ2v) is 7.16. The van der Waals surface area contributed by atoms with Gasteiger partial charge in [-0.1, -0.05) is 31.7 Å². The largest absolute Gasteiger partial charge is 0.520 e. The van der Waals surface area contributed by atoms with Gasteiger partial charge in [0, 0.05) is 7.11 Å². The third kappa shape index (κ3) is 3.22. The van der Waals surface area contributed by atoms with Crippen LogP contribution in [0.15, 0.2) is 30.8 Å². The molecular formula is C12H18O2Si. The fourth-order valence-corrected chi connectivity index (χ4v) is 2.35. The van der Waals surface area contributed by atoms with Crippen LogP contribution in [0.1, 0.15) is 12.5 Å². The molecule has 0 bridgehead atoms. The van der Waals surface area contributed by atoms with Gasteiger partial charge < -0.3 is 8.85 Å². The van der Waals surface area contributed by atoms with Crippen molar-refractivity contribution in [3.63, 3.8) is 0 Å². The Bertz CT molecular complexity index is 332. The van der Waals surface area contributed by atoms with Crippen molar-refractivity contribution in [3.05, 3.63) is 36.4 Å². The van der Waals surface area contributed by atoms with Crippen LogP contribution < -0.4 is 4.43 Å². The summed E-state index contributed by atoms with van der Waals surface area (Å²) in [6, 6.07) is 8.83. The highest BCUT2D eigenvalue weighted by molar-refractivity contribution is 6.66. The fourth-order valence-electron chi connectivity index (χ4n) is 1.21.